The summed E-state index contributed by atoms with van der Waals surface area (Å²) in [5, 5.41) is 20.5. The van der Waals surface area contributed by atoms with Crippen LogP contribution in [0.1, 0.15) is 5.56 Å². The Morgan fingerprint density at radius 2 is 2.26 bits per heavy atom. The lowest BCUT2D eigenvalue weighted by molar-refractivity contribution is -0.136. The van der Waals surface area contributed by atoms with E-state index in [1.54, 1.807) is 6.07 Å². The summed E-state index contributed by atoms with van der Waals surface area (Å²) in [7, 11) is 1.18. The lowest BCUT2D eigenvalue weighted by atomic mass is 10.2. The highest BCUT2D eigenvalue weighted by Gasteiger charge is 2.34. The van der Waals surface area contributed by atoms with Gasteiger partial charge in [-0.2, -0.15) is 5.26 Å². The number of nitrogens with one attached hydrogen (secondary N) is 1. The number of methoxy groups -OCH3 is 1. The van der Waals surface area contributed by atoms with Crippen LogP contribution in [0.15, 0.2) is 29.5 Å². The Morgan fingerprint density at radius 3 is 2.87 bits per heavy atom. The quantitative estimate of drug-likeness (QED) is 0.760. The molecule has 0 fully saturated rings. The molecule has 0 saturated heterocycles. The Morgan fingerprint density at radius 1 is 1.52 bits per heavy atom. The third-order valence-corrected chi connectivity index (χ3v) is 3.25. The molecule has 1 aromatic carbocycles. The molecule has 1 amide bonds. The lowest BCUT2D eigenvalue weighted by Gasteiger charge is -2.15. The van der Waals surface area contributed by atoms with Crippen molar-refractivity contribution >= 4 is 17.6 Å². The predicted octanol–water partition coefficient (Wildman–Crippen LogP) is 0.371. The number of aliphatic hydroxyl groups is 1. The van der Waals surface area contributed by atoms with Gasteiger partial charge in [0.15, 0.2) is 0 Å². The zero-order valence-corrected chi connectivity index (χ0v) is 12.3. The molecule has 0 spiro atoms. The first-order valence-corrected chi connectivity index (χ1v) is 6.69. The molecule has 1 aliphatic rings. The van der Waals surface area contributed by atoms with E-state index in [1.165, 1.54) is 18.1 Å². The molecule has 0 radical (unpaired) electrons. The molecule has 8 heteroatoms. The fourth-order valence-corrected chi connectivity index (χ4v) is 2.22. The number of halogens is 1. The Balaban J connectivity index is 2.37. The molecule has 1 aliphatic heterocycles. The second-order valence-electron chi connectivity index (χ2n) is 4.76. The van der Waals surface area contributed by atoms with Gasteiger partial charge in [0.05, 0.1) is 37.5 Å². The molecule has 0 aromatic heterocycles. The van der Waals surface area contributed by atoms with Crippen molar-refractivity contribution in [2.24, 2.45) is 0 Å². The minimum Gasteiger partial charge on any atom is -0.466 e. The first-order valence-electron chi connectivity index (χ1n) is 6.69. The number of rotatable bonds is 5. The summed E-state index contributed by atoms with van der Waals surface area (Å²) >= 11 is 0. The fourth-order valence-electron chi connectivity index (χ4n) is 2.22. The monoisotopic (exact) mass is 319 g/mol. The van der Waals surface area contributed by atoms with Crippen molar-refractivity contribution in [1.29, 1.82) is 5.26 Å². The second-order valence-corrected chi connectivity index (χ2v) is 4.76. The summed E-state index contributed by atoms with van der Waals surface area (Å²) in [5.41, 5.74) is 0.260. The van der Waals surface area contributed by atoms with Gasteiger partial charge in [-0.05, 0) is 18.2 Å². The van der Waals surface area contributed by atoms with E-state index in [0.29, 0.717) is 0 Å². The van der Waals surface area contributed by atoms with Gasteiger partial charge in [-0.1, -0.05) is 0 Å². The third kappa shape index (κ3) is 3.46. The zero-order chi connectivity index (χ0) is 17.0. The highest BCUT2D eigenvalue weighted by atomic mass is 19.1. The first-order chi connectivity index (χ1) is 11.0. The van der Waals surface area contributed by atoms with Crippen molar-refractivity contribution in [3.05, 3.63) is 40.8 Å². The number of nitriles is 1. The largest absolute Gasteiger partial charge is 0.466 e. The van der Waals surface area contributed by atoms with Crippen LogP contribution in [0.25, 0.3) is 0 Å². The predicted molar refractivity (Wildman–Crippen MR) is 77.4 cm³/mol. The molecule has 0 unspecified atom stereocenters. The summed E-state index contributed by atoms with van der Waals surface area (Å²) in [4.78, 5) is 25.4. The van der Waals surface area contributed by atoms with Gasteiger partial charge in [0.2, 0.25) is 0 Å². The molecule has 1 heterocycles. The van der Waals surface area contributed by atoms with Gasteiger partial charge in [0.25, 0.3) is 5.91 Å². The van der Waals surface area contributed by atoms with E-state index in [-0.39, 0.29) is 42.2 Å². The number of carbonyl (C=O) groups excluding carboxylic acids is 2. The summed E-state index contributed by atoms with van der Waals surface area (Å²) < 4.78 is 18.1. The number of ether oxygens (including phenoxy) is 1. The van der Waals surface area contributed by atoms with Crippen LogP contribution < -0.4 is 5.32 Å². The van der Waals surface area contributed by atoms with Crippen LogP contribution in [0.3, 0.4) is 0 Å². The average Bonchev–Trinajstić information content (AvgIpc) is 2.83. The van der Waals surface area contributed by atoms with E-state index in [0.717, 1.165) is 12.1 Å². The maximum absolute atomic E-state index is 13.5. The number of aliphatic hydroxyl groups excluding tert-OH is 1. The van der Waals surface area contributed by atoms with Crippen LogP contribution in [0.5, 0.6) is 0 Å². The van der Waals surface area contributed by atoms with Crippen molar-refractivity contribution in [3.63, 3.8) is 0 Å². The summed E-state index contributed by atoms with van der Waals surface area (Å²) in [6, 6.07) is 5.31. The molecule has 2 N–H and O–H groups in total. The fraction of sp³-hybridized carbons (Fsp3) is 0.267. The minimum absolute atomic E-state index is 0.0190. The highest BCUT2D eigenvalue weighted by Crippen LogP contribution is 2.23. The highest BCUT2D eigenvalue weighted by molar-refractivity contribution is 6.08. The van der Waals surface area contributed by atoms with E-state index in [1.807, 2.05) is 0 Å². The van der Waals surface area contributed by atoms with E-state index >= 15 is 0 Å². The molecular formula is C15H14FN3O4. The topological polar surface area (TPSA) is 103 Å². The maximum atomic E-state index is 13.5. The molecule has 23 heavy (non-hydrogen) atoms. The number of esters is 1. The Labute approximate surface area is 131 Å². The number of β-amino-alcohol motifs (C(OH)–C–C–N with tert-alkyl or cyclic N) is 1. The molecule has 1 aromatic rings. The Kier molecular flexibility index (Phi) is 4.93. The molecule has 0 bridgehead atoms. The van der Waals surface area contributed by atoms with Gasteiger partial charge in [-0.15, -0.1) is 0 Å². The van der Waals surface area contributed by atoms with E-state index in [2.05, 4.69) is 10.1 Å². The van der Waals surface area contributed by atoms with Crippen LogP contribution >= 0.6 is 0 Å². The van der Waals surface area contributed by atoms with E-state index in [4.69, 9.17) is 10.4 Å². The number of nitrogens with zero attached hydrogens (tertiary/aromatic N) is 2. The SMILES string of the molecule is COC(=O)C1=C(Nc2cc(F)cc(C#N)c2)C(=O)N(CCO)C1. The molecule has 0 aliphatic carbocycles. The summed E-state index contributed by atoms with van der Waals surface area (Å²) in [6.45, 7) is -0.224. The van der Waals surface area contributed by atoms with Crippen molar-refractivity contribution < 1.29 is 23.8 Å². The van der Waals surface area contributed by atoms with Gasteiger partial charge in [-0.3, -0.25) is 4.79 Å². The number of hydrogen-bond acceptors (Lipinski definition) is 6. The van der Waals surface area contributed by atoms with Gasteiger partial charge in [-0.25, -0.2) is 9.18 Å². The zero-order valence-electron chi connectivity index (χ0n) is 12.3. The standard InChI is InChI=1S/C15H14FN3O4/c1-23-15(22)12-8-19(2-3-20)14(21)13(12)18-11-5-9(7-17)4-10(16)6-11/h4-6,18,20H,2-3,8H2,1H3. The van der Waals surface area contributed by atoms with Crippen LogP contribution in [0, 0.1) is 17.1 Å². The number of benzene rings is 1. The summed E-state index contributed by atoms with van der Waals surface area (Å²) in [5.74, 6) is -1.86. The van der Waals surface area contributed by atoms with Crippen LogP contribution in [0.2, 0.25) is 0 Å². The van der Waals surface area contributed by atoms with Gasteiger partial charge < -0.3 is 20.1 Å². The van der Waals surface area contributed by atoms with Crippen molar-refractivity contribution in [2.45, 2.75) is 0 Å². The second kappa shape index (κ2) is 6.89. The smallest absolute Gasteiger partial charge is 0.337 e. The molecule has 2 rings (SSSR count). The van der Waals surface area contributed by atoms with Crippen molar-refractivity contribution in [2.75, 3.05) is 32.1 Å². The van der Waals surface area contributed by atoms with Gasteiger partial charge >= 0.3 is 5.97 Å². The number of amides is 1. The Hall–Kier alpha value is -2.92. The lowest BCUT2D eigenvalue weighted by Crippen LogP contribution is -2.31. The minimum atomic E-state index is -0.696. The number of carbonyl (C=O) groups is 2. The van der Waals surface area contributed by atoms with Crippen LogP contribution in [0.4, 0.5) is 10.1 Å². The van der Waals surface area contributed by atoms with E-state index in [9.17, 15) is 14.0 Å². The first kappa shape index (κ1) is 16.5. The van der Waals surface area contributed by atoms with Crippen molar-refractivity contribution in [1.82, 2.24) is 4.90 Å². The van der Waals surface area contributed by atoms with Gasteiger partial charge in [0.1, 0.15) is 11.5 Å². The number of anilines is 1. The van der Waals surface area contributed by atoms with E-state index < -0.39 is 17.7 Å². The third-order valence-electron chi connectivity index (χ3n) is 3.25. The molecule has 7 nitrogen and oxygen atoms in total. The number of hydrogen-bond donors (Lipinski definition) is 2. The maximum Gasteiger partial charge on any atom is 0.337 e. The van der Waals surface area contributed by atoms with Crippen LogP contribution in [-0.2, 0) is 14.3 Å². The summed E-state index contributed by atoms with van der Waals surface area (Å²) in [6.07, 6.45) is 0. The molecule has 0 saturated carbocycles. The van der Waals surface area contributed by atoms with Crippen molar-refractivity contribution in [3.8, 4) is 6.07 Å². The van der Waals surface area contributed by atoms with Gasteiger partial charge in [0, 0.05) is 12.2 Å². The molecule has 120 valence electrons. The Bertz CT molecular complexity index is 724. The molecule has 0 atom stereocenters. The molecular weight excluding hydrogens is 305 g/mol. The normalized spacial score (nSPS) is 14.0. The average molecular weight is 319 g/mol. The van der Waals surface area contributed by atoms with Crippen LogP contribution in [-0.4, -0.2) is 48.7 Å².